The summed E-state index contributed by atoms with van der Waals surface area (Å²) in [6.07, 6.45) is 1.20. The topological polar surface area (TPSA) is 68.3 Å². The molecule has 3 aromatic rings. The Morgan fingerprint density at radius 2 is 1.92 bits per heavy atom. The van der Waals surface area contributed by atoms with Gasteiger partial charge in [-0.3, -0.25) is 9.78 Å². The van der Waals surface area contributed by atoms with Crippen molar-refractivity contribution in [2.75, 3.05) is 5.32 Å². The Morgan fingerprint density at radius 3 is 2.83 bits per heavy atom. The van der Waals surface area contributed by atoms with Gasteiger partial charge in [0.2, 0.25) is 0 Å². The van der Waals surface area contributed by atoms with Crippen molar-refractivity contribution in [3.05, 3.63) is 71.9 Å². The summed E-state index contributed by atoms with van der Waals surface area (Å²) >= 11 is 0. The number of carbonyl (C=O) groups excluding carboxylic acids is 2. The maximum absolute atomic E-state index is 12.6. The molecular weight excluding hydrogens is 304 g/mol. The van der Waals surface area contributed by atoms with Crippen LogP contribution in [0.5, 0.6) is 0 Å². The number of pyridine rings is 1. The second-order valence-electron chi connectivity index (χ2n) is 5.63. The summed E-state index contributed by atoms with van der Waals surface area (Å²) in [7, 11) is 0. The van der Waals surface area contributed by atoms with Gasteiger partial charge in [-0.05, 0) is 23.8 Å². The number of ether oxygens (including phenoxy) is 1. The summed E-state index contributed by atoms with van der Waals surface area (Å²) in [5.41, 5.74) is 2.65. The van der Waals surface area contributed by atoms with Crippen LogP contribution in [0.2, 0.25) is 0 Å². The van der Waals surface area contributed by atoms with Crippen LogP contribution in [0, 0.1) is 0 Å². The van der Waals surface area contributed by atoms with E-state index in [1.165, 1.54) is 0 Å². The van der Waals surface area contributed by atoms with Gasteiger partial charge in [-0.2, -0.15) is 0 Å². The number of carbonyl (C=O) groups is 2. The number of esters is 1. The van der Waals surface area contributed by atoms with Crippen LogP contribution in [0.3, 0.4) is 0 Å². The van der Waals surface area contributed by atoms with E-state index >= 15 is 0 Å². The number of aromatic nitrogens is 1. The summed E-state index contributed by atoms with van der Waals surface area (Å²) in [4.78, 5) is 28.9. The zero-order valence-corrected chi connectivity index (χ0v) is 12.7. The minimum atomic E-state index is -0.841. The minimum Gasteiger partial charge on any atom is -0.448 e. The molecule has 118 valence electrons. The highest BCUT2D eigenvalue weighted by atomic mass is 16.5. The highest BCUT2D eigenvalue weighted by Crippen LogP contribution is 2.24. The largest absolute Gasteiger partial charge is 0.448 e. The van der Waals surface area contributed by atoms with E-state index in [4.69, 9.17) is 4.74 Å². The lowest BCUT2D eigenvalue weighted by atomic mass is 9.98. The molecule has 24 heavy (non-hydrogen) atoms. The Balaban J connectivity index is 1.60. The van der Waals surface area contributed by atoms with Crippen molar-refractivity contribution in [1.82, 2.24) is 4.98 Å². The number of hydrogen-bond acceptors (Lipinski definition) is 4. The lowest BCUT2D eigenvalue weighted by Gasteiger charge is -2.23. The zero-order valence-electron chi connectivity index (χ0n) is 12.7. The number of hydrogen-bond donors (Lipinski definition) is 1. The molecule has 0 saturated heterocycles. The van der Waals surface area contributed by atoms with Gasteiger partial charge in [0.15, 0.2) is 6.10 Å². The van der Waals surface area contributed by atoms with Crippen molar-refractivity contribution in [2.45, 2.75) is 12.5 Å². The smallest absolute Gasteiger partial charge is 0.339 e. The van der Waals surface area contributed by atoms with Crippen molar-refractivity contribution in [1.29, 1.82) is 0 Å². The van der Waals surface area contributed by atoms with Crippen LogP contribution in [0.15, 0.2) is 60.8 Å². The molecule has 1 amide bonds. The van der Waals surface area contributed by atoms with Gasteiger partial charge in [-0.1, -0.05) is 36.4 Å². The molecule has 1 aliphatic rings. The maximum atomic E-state index is 12.6. The molecule has 0 spiro atoms. The standard InChI is InChI=1S/C19H14N2O3/c22-18(16-11-13-5-1-2-8-14(13)19(23)24-16)21-15-9-3-6-12-7-4-10-20-17(12)15/h1-10,16H,11H2,(H,21,22). The molecule has 0 radical (unpaired) electrons. The molecule has 5 nitrogen and oxygen atoms in total. The van der Waals surface area contributed by atoms with Gasteiger partial charge >= 0.3 is 5.97 Å². The van der Waals surface area contributed by atoms with E-state index in [0.29, 0.717) is 23.2 Å². The first-order chi connectivity index (χ1) is 11.7. The van der Waals surface area contributed by atoms with Crippen molar-refractivity contribution in [2.24, 2.45) is 0 Å². The van der Waals surface area contributed by atoms with E-state index in [2.05, 4.69) is 10.3 Å². The third-order valence-corrected chi connectivity index (χ3v) is 4.07. The normalized spacial score (nSPS) is 16.3. The van der Waals surface area contributed by atoms with E-state index in [0.717, 1.165) is 10.9 Å². The summed E-state index contributed by atoms with van der Waals surface area (Å²) in [6.45, 7) is 0. The number of fused-ring (bicyclic) bond motifs is 2. The molecule has 1 atom stereocenters. The van der Waals surface area contributed by atoms with E-state index < -0.39 is 12.1 Å². The number of para-hydroxylation sites is 1. The zero-order chi connectivity index (χ0) is 16.5. The third kappa shape index (κ3) is 2.50. The second-order valence-corrected chi connectivity index (χ2v) is 5.63. The van der Waals surface area contributed by atoms with E-state index in [1.54, 1.807) is 24.4 Å². The van der Waals surface area contributed by atoms with Crippen LogP contribution < -0.4 is 5.32 Å². The Bertz CT molecular complexity index is 947. The van der Waals surface area contributed by atoms with Gasteiger partial charge in [0, 0.05) is 18.0 Å². The van der Waals surface area contributed by atoms with Crippen LogP contribution in [-0.4, -0.2) is 23.0 Å². The summed E-state index contributed by atoms with van der Waals surface area (Å²) in [6, 6.07) is 16.5. The first kappa shape index (κ1) is 14.4. The third-order valence-electron chi connectivity index (χ3n) is 4.07. The van der Waals surface area contributed by atoms with Crippen molar-refractivity contribution in [3.63, 3.8) is 0 Å². The van der Waals surface area contributed by atoms with Gasteiger partial charge in [0.1, 0.15) is 0 Å². The number of amides is 1. The summed E-state index contributed by atoms with van der Waals surface area (Å²) < 4.78 is 5.29. The first-order valence-corrected chi connectivity index (χ1v) is 7.66. The lowest BCUT2D eigenvalue weighted by molar-refractivity contribution is -0.125. The summed E-state index contributed by atoms with van der Waals surface area (Å²) in [5.74, 6) is -0.816. The van der Waals surface area contributed by atoms with Crippen molar-refractivity contribution in [3.8, 4) is 0 Å². The van der Waals surface area contributed by atoms with Gasteiger partial charge in [-0.15, -0.1) is 0 Å². The van der Waals surface area contributed by atoms with Gasteiger partial charge in [0.05, 0.1) is 16.8 Å². The van der Waals surface area contributed by atoms with Crippen LogP contribution in [0.4, 0.5) is 5.69 Å². The SMILES string of the molecule is O=C1OC(C(=O)Nc2cccc3cccnc23)Cc2ccccc21. The molecule has 0 fully saturated rings. The van der Waals surface area contributed by atoms with Crippen LogP contribution in [0.25, 0.3) is 10.9 Å². The number of benzene rings is 2. The predicted octanol–water partition coefficient (Wildman–Crippen LogP) is 2.96. The Hall–Kier alpha value is -3.21. The number of rotatable bonds is 2. The van der Waals surface area contributed by atoms with Gasteiger partial charge < -0.3 is 10.1 Å². The van der Waals surface area contributed by atoms with Crippen molar-refractivity contribution < 1.29 is 14.3 Å². The van der Waals surface area contributed by atoms with Gasteiger partial charge in [-0.25, -0.2) is 4.79 Å². The molecule has 0 aliphatic carbocycles. The van der Waals surface area contributed by atoms with Crippen LogP contribution >= 0.6 is 0 Å². The summed E-state index contributed by atoms with van der Waals surface area (Å²) in [5, 5.41) is 3.76. The Morgan fingerprint density at radius 1 is 1.08 bits per heavy atom. The average Bonchev–Trinajstić information content (AvgIpc) is 2.62. The van der Waals surface area contributed by atoms with E-state index in [1.807, 2.05) is 36.4 Å². The monoisotopic (exact) mass is 318 g/mol. The fraction of sp³-hybridized carbons (Fsp3) is 0.105. The molecule has 5 heteroatoms. The molecular formula is C19H14N2O3. The van der Waals surface area contributed by atoms with Crippen LogP contribution in [-0.2, 0) is 16.0 Å². The molecule has 1 aromatic heterocycles. The molecule has 2 heterocycles. The molecule has 1 N–H and O–H groups in total. The quantitative estimate of drug-likeness (QED) is 0.738. The van der Waals surface area contributed by atoms with E-state index in [-0.39, 0.29) is 5.91 Å². The molecule has 0 saturated carbocycles. The average molecular weight is 318 g/mol. The number of cyclic esters (lactones) is 1. The fourth-order valence-electron chi connectivity index (χ4n) is 2.90. The number of nitrogens with zero attached hydrogens (tertiary/aromatic N) is 1. The first-order valence-electron chi connectivity index (χ1n) is 7.66. The minimum absolute atomic E-state index is 0.351. The molecule has 2 aromatic carbocycles. The maximum Gasteiger partial charge on any atom is 0.339 e. The molecule has 0 bridgehead atoms. The van der Waals surface area contributed by atoms with Crippen molar-refractivity contribution >= 4 is 28.5 Å². The number of nitrogens with one attached hydrogen (secondary N) is 1. The second kappa shape index (κ2) is 5.77. The fourth-order valence-corrected chi connectivity index (χ4v) is 2.90. The molecule has 1 unspecified atom stereocenters. The highest BCUT2D eigenvalue weighted by Gasteiger charge is 2.31. The Kier molecular flexibility index (Phi) is 3.46. The van der Waals surface area contributed by atoms with Gasteiger partial charge in [0.25, 0.3) is 5.91 Å². The predicted molar refractivity (Wildman–Crippen MR) is 89.7 cm³/mol. The molecule has 1 aliphatic heterocycles. The van der Waals surface area contributed by atoms with Crippen LogP contribution in [0.1, 0.15) is 15.9 Å². The Labute approximate surface area is 138 Å². The van der Waals surface area contributed by atoms with E-state index in [9.17, 15) is 9.59 Å². The number of anilines is 1. The molecule has 4 rings (SSSR count). The highest BCUT2D eigenvalue weighted by molar-refractivity contribution is 6.04. The lowest BCUT2D eigenvalue weighted by Crippen LogP contribution is -2.38.